The number of nitrogens with zero attached hydrogens (tertiary/aromatic N) is 1. The van der Waals surface area contributed by atoms with Gasteiger partial charge in [-0.1, -0.05) is 19.9 Å². The molecule has 0 aromatic heterocycles. The molecule has 22 heavy (non-hydrogen) atoms. The van der Waals surface area contributed by atoms with Crippen LogP contribution in [-0.2, 0) is 11.3 Å². The first-order valence-corrected chi connectivity index (χ1v) is 7.73. The van der Waals surface area contributed by atoms with Gasteiger partial charge in [-0.25, -0.2) is 8.78 Å². The Labute approximate surface area is 131 Å². The lowest BCUT2D eigenvalue weighted by atomic mass is 10.1. The Hall–Kier alpha value is -1.04. The monoisotopic (exact) mass is 315 g/mol. The topological polar surface area (TPSA) is 32.7 Å². The summed E-state index contributed by atoms with van der Waals surface area (Å²) >= 11 is 0. The smallest absolute Gasteiger partial charge is 0.130 e. The standard InChI is InChI=1S/C17H27F2NO2/c1-12(2)8-20(10-16(21)11-22-13(3)4)9-14-5-6-15(18)7-17(14)19/h5-7,12-13,16,21H,8-11H2,1-4H3. The lowest BCUT2D eigenvalue weighted by Crippen LogP contribution is -2.37. The van der Waals surface area contributed by atoms with Crippen LogP contribution in [0.25, 0.3) is 0 Å². The van der Waals surface area contributed by atoms with Crippen LogP contribution >= 0.6 is 0 Å². The average molecular weight is 315 g/mol. The van der Waals surface area contributed by atoms with Gasteiger partial charge in [0.2, 0.25) is 0 Å². The van der Waals surface area contributed by atoms with Gasteiger partial charge in [0.1, 0.15) is 11.6 Å². The van der Waals surface area contributed by atoms with Crippen molar-refractivity contribution in [2.75, 3.05) is 19.7 Å². The fourth-order valence-corrected chi connectivity index (χ4v) is 2.27. The van der Waals surface area contributed by atoms with Crippen molar-refractivity contribution in [2.45, 2.75) is 46.4 Å². The predicted molar refractivity (Wildman–Crippen MR) is 83.6 cm³/mol. The van der Waals surface area contributed by atoms with E-state index >= 15 is 0 Å². The molecular weight excluding hydrogens is 288 g/mol. The van der Waals surface area contributed by atoms with Gasteiger partial charge in [0.25, 0.3) is 0 Å². The van der Waals surface area contributed by atoms with Gasteiger partial charge in [0.05, 0.1) is 18.8 Å². The maximum absolute atomic E-state index is 13.8. The molecule has 0 heterocycles. The summed E-state index contributed by atoms with van der Waals surface area (Å²) < 4.78 is 32.2. The summed E-state index contributed by atoms with van der Waals surface area (Å²) in [5.41, 5.74) is 0.430. The summed E-state index contributed by atoms with van der Waals surface area (Å²) in [6.07, 6.45) is -0.576. The van der Waals surface area contributed by atoms with Gasteiger partial charge in [-0.2, -0.15) is 0 Å². The van der Waals surface area contributed by atoms with E-state index in [-0.39, 0.29) is 12.7 Å². The molecule has 0 bridgehead atoms. The van der Waals surface area contributed by atoms with E-state index in [2.05, 4.69) is 13.8 Å². The molecule has 1 N–H and O–H groups in total. The number of aliphatic hydroxyl groups is 1. The number of rotatable bonds is 9. The quantitative estimate of drug-likeness (QED) is 0.759. The Morgan fingerprint density at radius 3 is 2.36 bits per heavy atom. The van der Waals surface area contributed by atoms with Gasteiger partial charge in [-0.05, 0) is 25.8 Å². The van der Waals surface area contributed by atoms with Crippen LogP contribution in [0.1, 0.15) is 33.3 Å². The molecule has 1 aromatic carbocycles. The minimum absolute atomic E-state index is 0.0581. The van der Waals surface area contributed by atoms with Crippen molar-refractivity contribution in [1.29, 1.82) is 0 Å². The van der Waals surface area contributed by atoms with Crippen molar-refractivity contribution < 1.29 is 18.6 Å². The number of aliphatic hydroxyl groups excluding tert-OH is 1. The van der Waals surface area contributed by atoms with E-state index in [9.17, 15) is 13.9 Å². The highest BCUT2D eigenvalue weighted by Gasteiger charge is 2.16. The summed E-state index contributed by atoms with van der Waals surface area (Å²) in [7, 11) is 0. The van der Waals surface area contributed by atoms with Crippen LogP contribution in [0.15, 0.2) is 18.2 Å². The Balaban J connectivity index is 2.67. The van der Waals surface area contributed by atoms with Gasteiger partial charge in [0.15, 0.2) is 0 Å². The van der Waals surface area contributed by atoms with E-state index in [0.717, 1.165) is 12.6 Å². The van der Waals surface area contributed by atoms with Crippen molar-refractivity contribution in [3.05, 3.63) is 35.4 Å². The minimum Gasteiger partial charge on any atom is -0.389 e. The lowest BCUT2D eigenvalue weighted by Gasteiger charge is -2.27. The summed E-state index contributed by atoms with van der Waals surface area (Å²) in [4.78, 5) is 1.97. The van der Waals surface area contributed by atoms with Crippen LogP contribution in [-0.4, -0.2) is 41.9 Å². The Morgan fingerprint density at radius 2 is 1.82 bits per heavy atom. The van der Waals surface area contributed by atoms with Crippen molar-refractivity contribution in [1.82, 2.24) is 4.90 Å². The molecule has 0 aliphatic heterocycles. The maximum Gasteiger partial charge on any atom is 0.130 e. The number of hydrogen-bond acceptors (Lipinski definition) is 3. The number of benzene rings is 1. The first kappa shape index (κ1) is 19.0. The van der Waals surface area contributed by atoms with E-state index in [1.807, 2.05) is 18.7 Å². The average Bonchev–Trinajstić information content (AvgIpc) is 2.39. The summed E-state index contributed by atoms with van der Waals surface area (Å²) in [5, 5.41) is 10.1. The molecule has 0 amide bonds. The summed E-state index contributed by atoms with van der Waals surface area (Å²) in [6.45, 7) is 9.63. The van der Waals surface area contributed by atoms with E-state index in [4.69, 9.17) is 4.74 Å². The Bertz CT molecular complexity index is 452. The molecular formula is C17H27F2NO2. The summed E-state index contributed by atoms with van der Waals surface area (Å²) in [6, 6.07) is 3.60. The first-order valence-electron chi connectivity index (χ1n) is 7.73. The van der Waals surface area contributed by atoms with Gasteiger partial charge in [-0.3, -0.25) is 4.90 Å². The van der Waals surface area contributed by atoms with Crippen molar-refractivity contribution >= 4 is 0 Å². The van der Waals surface area contributed by atoms with Crippen molar-refractivity contribution in [3.63, 3.8) is 0 Å². The molecule has 0 aliphatic rings. The highest BCUT2D eigenvalue weighted by Crippen LogP contribution is 2.14. The second kappa shape index (κ2) is 9.18. The van der Waals surface area contributed by atoms with Gasteiger partial charge in [0, 0.05) is 31.3 Å². The predicted octanol–water partition coefficient (Wildman–Crippen LogP) is 3.21. The van der Waals surface area contributed by atoms with Crippen LogP contribution < -0.4 is 0 Å². The number of hydrogen-bond donors (Lipinski definition) is 1. The first-order chi connectivity index (χ1) is 10.3. The summed E-state index contributed by atoms with van der Waals surface area (Å²) in [5.74, 6) is -0.759. The third-order valence-electron chi connectivity index (χ3n) is 3.12. The second-order valence-electron chi connectivity index (χ2n) is 6.36. The molecule has 1 unspecified atom stereocenters. The van der Waals surface area contributed by atoms with E-state index in [1.165, 1.54) is 12.1 Å². The lowest BCUT2D eigenvalue weighted by molar-refractivity contribution is -0.0109. The van der Waals surface area contributed by atoms with Crippen LogP contribution in [0, 0.1) is 17.6 Å². The fraction of sp³-hybridized carbons (Fsp3) is 0.647. The zero-order valence-corrected chi connectivity index (χ0v) is 13.9. The molecule has 0 saturated heterocycles. The number of halogens is 2. The number of ether oxygens (including phenoxy) is 1. The highest BCUT2D eigenvalue weighted by atomic mass is 19.1. The molecule has 126 valence electrons. The maximum atomic E-state index is 13.8. The molecule has 1 rings (SSSR count). The normalized spacial score (nSPS) is 13.4. The molecule has 0 radical (unpaired) electrons. The van der Waals surface area contributed by atoms with Gasteiger partial charge < -0.3 is 9.84 Å². The van der Waals surface area contributed by atoms with Gasteiger partial charge >= 0.3 is 0 Å². The van der Waals surface area contributed by atoms with Crippen molar-refractivity contribution in [3.8, 4) is 0 Å². The van der Waals surface area contributed by atoms with E-state index < -0.39 is 17.7 Å². The third-order valence-corrected chi connectivity index (χ3v) is 3.12. The highest BCUT2D eigenvalue weighted by molar-refractivity contribution is 5.18. The zero-order valence-electron chi connectivity index (χ0n) is 13.9. The molecule has 0 spiro atoms. The molecule has 0 fully saturated rings. The molecule has 0 saturated carbocycles. The Morgan fingerprint density at radius 1 is 1.14 bits per heavy atom. The van der Waals surface area contributed by atoms with Crippen LogP contribution in [0.5, 0.6) is 0 Å². The molecule has 3 nitrogen and oxygen atoms in total. The van der Waals surface area contributed by atoms with Crippen LogP contribution in [0.4, 0.5) is 8.78 Å². The van der Waals surface area contributed by atoms with Crippen LogP contribution in [0.2, 0.25) is 0 Å². The van der Waals surface area contributed by atoms with Crippen LogP contribution in [0.3, 0.4) is 0 Å². The molecule has 5 heteroatoms. The van der Waals surface area contributed by atoms with E-state index in [0.29, 0.717) is 24.6 Å². The van der Waals surface area contributed by atoms with Gasteiger partial charge in [-0.15, -0.1) is 0 Å². The van der Waals surface area contributed by atoms with E-state index in [1.54, 1.807) is 0 Å². The SMILES string of the molecule is CC(C)CN(Cc1ccc(F)cc1F)CC(O)COC(C)C. The van der Waals surface area contributed by atoms with Crippen molar-refractivity contribution in [2.24, 2.45) is 5.92 Å². The molecule has 0 aliphatic carbocycles. The zero-order chi connectivity index (χ0) is 16.7. The third kappa shape index (κ3) is 7.29. The fourth-order valence-electron chi connectivity index (χ4n) is 2.27. The largest absolute Gasteiger partial charge is 0.389 e. The Kier molecular flexibility index (Phi) is 7.93. The second-order valence-corrected chi connectivity index (χ2v) is 6.36. The molecule has 1 atom stereocenters. The minimum atomic E-state index is -0.635. The molecule has 1 aromatic rings.